The molecule has 0 saturated carbocycles. The third kappa shape index (κ3) is 3.88. The lowest BCUT2D eigenvalue weighted by Gasteiger charge is -2.23. The summed E-state index contributed by atoms with van der Waals surface area (Å²) in [5.74, 6) is 0.673. The molecular formula is C17H20F2N2O2S. The smallest absolute Gasteiger partial charge is 0.217 e. The summed E-state index contributed by atoms with van der Waals surface area (Å²) < 4.78 is 29.0. The predicted molar refractivity (Wildman–Crippen MR) is 90.4 cm³/mol. The normalized spacial score (nSPS) is 21.3. The first-order chi connectivity index (χ1) is 11.5. The molecule has 0 radical (unpaired) electrons. The standard InChI is InChI=1S/C17H20F2N2O2S/c1-10(22)20-9-13-8-16(21-23-13)12-6-14(18)17(15(19)7-12)11-2-4-24-5-3-11/h6-7,11,13H,2-5,8-9H2,1H3,(H,20,22). The van der Waals surface area contributed by atoms with Crippen LogP contribution in [-0.4, -0.2) is 35.8 Å². The van der Waals surface area contributed by atoms with Crippen LogP contribution in [0, 0.1) is 11.6 Å². The Kier molecular flexibility index (Phi) is 5.38. The topological polar surface area (TPSA) is 50.7 Å². The van der Waals surface area contributed by atoms with Crippen molar-refractivity contribution >= 4 is 23.4 Å². The number of benzene rings is 1. The molecule has 0 aromatic heterocycles. The molecule has 1 fully saturated rings. The van der Waals surface area contributed by atoms with E-state index in [4.69, 9.17) is 4.84 Å². The second kappa shape index (κ2) is 7.51. The van der Waals surface area contributed by atoms with Gasteiger partial charge >= 0.3 is 0 Å². The fourth-order valence-electron chi connectivity index (χ4n) is 3.09. The van der Waals surface area contributed by atoms with Gasteiger partial charge in [0.25, 0.3) is 0 Å². The molecule has 2 heterocycles. The molecule has 2 aliphatic rings. The van der Waals surface area contributed by atoms with Crippen molar-refractivity contribution in [3.8, 4) is 0 Å². The van der Waals surface area contributed by atoms with E-state index in [1.165, 1.54) is 19.1 Å². The van der Waals surface area contributed by atoms with E-state index in [0.717, 1.165) is 24.3 Å². The number of amides is 1. The Morgan fingerprint density at radius 2 is 2.00 bits per heavy atom. The second-order valence-electron chi connectivity index (χ2n) is 6.15. The Balaban J connectivity index is 1.72. The van der Waals surface area contributed by atoms with Gasteiger partial charge in [0, 0.05) is 24.5 Å². The Labute approximate surface area is 144 Å². The molecule has 1 atom stereocenters. The van der Waals surface area contributed by atoms with Crippen LogP contribution in [0.15, 0.2) is 17.3 Å². The number of halogens is 2. The molecule has 1 saturated heterocycles. The summed E-state index contributed by atoms with van der Waals surface area (Å²) in [7, 11) is 0. The number of rotatable bonds is 4. The van der Waals surface area contributed by atoms with E-state index in [1.807, 2.05) is 11.8 Å². The molecule has 1 aromatic carbocycles. The van der Waals surface area contributed by atoms with Crippen LogP contribution in [0.2, 0.25) is 0 Å². The molecule has 1 N–H and O–H groups in total. The van der Waals surface area contributed by atoms with Gasteiger partial charge in [-0.15, -0.1) is 0 Å². The molecule has 24 heavy (non-hydrogen) atoms. The molecule has 4 nitrogen and oxygen atoms in total. The lowest BCUT2D eigenvalue weighted by molar-refractivity contribution is -0.119. The Hall–Kier alpha value is -1.63. The first kappa shape index (κ1) is 17.2. The first-order valence-corrected chi connectivity index (χ1v) is 9.24. The molecule has 130 valence electrons. The van der Waals surface area contributed by atoms with Crippen molar-refractivity contribution in [1.82, 2.24) is 5.32 Å². The summed E-state index contributed by atoms with van der Waals surface area (Å²) >= 11 is 1.82. The Morgan fingerprint density at radius 1 is 1.33 bits per heavy atom. The number of thioether (sulfide) groups is 1. The van der Waals surface area contributed by atoms with Gasteiger partial charge in [-0.1, -0.05) is 5.16 Å². The number of hydrogen-bond donors (Lipinski definition) is 1. The SMILES string of the molecule is CC(=O)NCC1CC(c2cc(F)c(C3CCSCC3)c(F)c2)=NO1. The summed E-state index contributed by atoms with van der Waals surface area (Å²) in [5.41, 5.74) is 1.12. The molecular weight excluding hydrogens is 334 g/mol. The van der Waals surface area contributed by atoms with Gasteiger partial charge in [0.15, 0.2) is 0 Å². The summed E-state index contributed by atoms with van der Waals surface area (Å²) in [6, 6.07) is 2.70. The number of carbonyl (C=O) groups excluding carboxylic acids is 1. The van der Waals surface area contributed by atoms with Crippen LogP contribution in [0.4, 0.5) is 8.78 Å². The van der Waals surface area contributed by atoms with Gasteiger partial charge in [0.1, 0.15) is 17.7 Å². The Bertz CT molecular complexity index is 637. The summed E-state index contributed by atoms with van der Waals surface area (Å²) in [4.78, 5) is 16.1. The number of hydrogen-bond acceptors (Lipinski definition) is 4. The molecule has 1 unspecified atom stereocenters. The number of oxime groups is 1. The highest BCUT2D eigenvalue weighted by Crippen LogP contribution is 2.35. The van der Waals surface area contributed by atoms with Gasteiger partial charge in [-0.05, 0) is 42.4 Å². The Morgan fingerprint density at radius 3 is 2.62 bits per heavy atom. The lowest BCUT2D eigenvalue weighted by atomic mass is 9.90. The third-order valence-corrected chi connectivity index (χ3v) is 5.40. The fourth-order valence-corrected chi connectivity index (χ4v) is 4.20. The zero-order valence-corrected chi connectivity index (χ0v) is 14.3. The van der Waals surface area contributed by atoms with Crippen LogP contribution in [0.5, 0.6) is 0 Å². The van der Waals surface area contributed by atoms with Crippen molar-refractivity contribution in [2.75, 3.05) is 18.1 Å². The zero-order chi connectivity index (χ0) is 17.1. The van der Waals surface area contributed by atoms with Crippen molar-refractivity contribution in [3.05, 3.63) is 34.9 Å². The van der Waals surface area contributed by atoms with Crippen molar-refractivity contribution in [3.63, 3.8) is 0 Å². The largest absolute Gasteiger partial charge is 0.390 e. The molecule has 2 aliphatic heterocycles. The van der Waals surface area contributed by atoms with Crippen molar-refractivity contribution < 1.29 is 18.4 Å². The maximum Gasteiger partial charge on any atom is 0.217 e. The minimum absolute atomic E-state index is 0.0467. The van der Waals surface area contributed by atoms with E-state index in [2.05, 4.69) is 10.5 Å². The van der Waals surface area contributed by atoms with Crippen LogP contribution < -0.4 is 5.32 Å². The van der Waals surface area contributed by atoms with Gasteiger partial charge in [0.05, 0.1) is 12.3 Å². The van der Waals surface area contributed by atoms with E-state index >= 15 is 0 Å². The molecule has 1 aromatic rings. The van der Waals surface area contributed by atoms with E-state index in [1.54, 1.807) is 0 Å². The molecule has 0 aliphatic carbocycles. The highest BCUT2D eigenvalue weighted by molar-refractivity contribution is 7.99. The molecule has 3 rings (SSSR count). The van der Waals surface area contributed by atoms with E-state index in [-0.39, 0.29) is 23.5 Å². The number of nitrogens with one attached hydrogen (secondary N) is 1. The highest BCUT2D eigenvalue weighted by Gasteiger charge is 2.27. The van der Waals surface area contributed by atoms with Crippen LogP contribution >= 0.6 is 11.8 Å². The van der Waals surface area contributed by atoms with Crippen molar-refractivity contribution in [2.24, 2.45) is 5.16 Å². The van der Waals surface area contributed by atoms with Crippen molar-refractivity contribution in [1.29, 1.82) is 0 Å². The van der Waals surface area contributed by atoms with E-state index in [0.29, 0.717) is 24.2 Å². The summed E-state index contributed by atoms with van der Waals surface area (Å²) in [6.45, 7) is 1.75. The number of carbonyl (C=O) groups is 1. The average molecular weight is 354 g/mol. The van der Waals surface area contributed by atoms with Gasteiger partial charge in [-0.3, -0.25) is 4.79 Å². The van der Waals surface area contributed by atoms with Crippen LogP contribution in [0.3, 0.4) is 0 Å². The van der Waals surface area contributed by atoms with Crippen LogP contribution in [-0.2, 0) is 9.63 Å². The zero-order valence-electron chi connectivity index (χ0n) is 13.5. The summed E-state index contributed by atoms with van der Waals surface area (Å²) in [6.07, 6.45) is 1.73. The van der Waals surface area contributed by atoms with Crippen LogP contribution in [0.25, 0.3) is 0 Å². The van der Waals surface area contributed by atoms with E-state index < -0.39 is 11.6 Å². The highest BCUT2D eigenvalue weighted by atomic mass is 32.2. The van der Waals surface area contributed by atoms with Gasteiger partial charge in [-0.2, -0.15) is 11.8 Å². The second-order valence-corrected chi connectivity index (χ2v) is 7.37. The molecule has 7 heteroatoms. The molecule has 1 amide bonds. The quantitative estimate of drug-likeness (QED) is 0.903. The predicted octanol–water partition coefficient (Wildman–Crippen LogP) is 3.20. The third-order valence-electron chi connectivity index (χ3n) is 4.35. The van der Waals surface area contributed by atoms with Crippen LogP contribution in [0.1, 0.15) is 43.2 Å². The maximum atomic E-state index is 14.5. The monoisotopic (exact) mass is 354 g/mol. The molecule has 0 spiro atoms. The first-order valence-electron chi connectivity index (χ1n) is 8.08. The fraction of sp³-hybridized carbons (Fsp3) is 0.529. The minimum atomic E-state index is -0.505. The van der Waals surface area contributed by atoms with E-state index in [9.17, 15) is 13.6 Å². The number of nitrogens with zero attached hydrogens (tertiary/aromatic N) is 1. The van der Waals surface area contributed by atoms with Gasteiger partial charge < -0.3 is 10.2 Å². The lowest BCUT2D eigenvalue weighted by Crippen LogP contribution is -2.30. The van der Waals surface area contributed by atoms with Gasteiger partial charge in [-0.25, -0.2) is 8.78 Å². The molecule has 0 bridgehead atoms. The summed E-state index contributed by atoms with van der Waals surface area (Å²) in [5, 5.41) is 6.57. The van der Waals surface area contributed by atoms with Gasteiger partial charge in [0.2, 0.25) is 5.91 Å². The maximum absolute atomic E-state index is 14.5. The average Bonchev–Trinajstić information content (AvgIpc) is 3.02. The minimum Gasteiger partial charge on any atom is -0.390 e. The van der Waals surface area contributed by atoms with Crippen molar-refractivity contribution in [2.45, 2.75) is 38.2 Å².